The highest BCUT2D eigenvalue weighted by atomic mass is 16.3. The van der Waals surface area contributed by atoms with Gasteiger partial charge in [-0.1, -0.05) is 0 Å². The van der Waals surface area contributed by atoms with Crippen LogP contribution in [0.2, 0.25) is 0 Å². The Bertz CT molecular complexity index is 841. The molecule has 0 radical (unpaired) electrons. The van der Waals surface area contributed by atoms with Crippen LogP contribution >= 0.6 is 0 Å². The van der Waals surface area contributed by atoms with E-state index >= 15 is 0 Å². The van der Waals surface area contributed by atoms with E-state index in [1.807, 2.05) is 4.90 Å². The molecule has 2 aliphatic rings. The lowest BCUT2D eigenvalue weighted by atomic mass is 9.97. The summed E-state index contributed by atoms with van der Waals surface area (Å²) >= 11 is 0. The highest BCUT2D eigenvalue weighted by Gasteiger charge is 2.31. The monoisotopic (exact) mass is 358 g/mol. The summed E-state index contributed by atoms with van der Waals surface area (Å²) in [6.07, 6.45) is 3.37. The van der Waals surface area contributed by atoms with E-state index in [4.69, 9.17) is 4.42 Å². The topological polar surface area (TPSA) is 97.4 Å². The Morgan fingerprint density at radius 2 is 2.04 bits per heavy atom. The summed E-state index contributed by atoms with van der Waals surface area (Å²) in [6, 6.07) is 0. The summed E-state index contributed by atoms with van der Waals surface area (Å²) < 4.78 is 7.24. The van der Waals surface area contributed by atoms with E-state index < -0.39 is 0 Å². The summed E-state index contributed by atoms with van der Waals surface area (Å²) in [5.41, 5.74) is 0.320. The molecule has 1 unspecified atom stereocenters. The molecule has 0 N–H and O–H groups in total. The van der Waals surface area contributed by atoms with Gasteiger partial charge in [-0.15, -0.1) is 10.2 Å². The fraction of sp³-hybridized carbons (Fsp3) is 0.588. The number of nitrogens with zero attached hydrogens (tertiary/aromatic N) is 6. The predicted molar refractivity (Wildman–Crippen MR) is 90.2 cm³/mol. The maximum absolute atomic E-state index is 12.6. The Hall–Kier alpha value is -2.71. The second-order valence-corrected chi connectivity index (χ2v) is 6.91. The van der Waals surface area contributed by atoms with E-state index in [0.29, 0.717) is 37.8 Å². The molecule has 2 aromatic heterocycles. The van der Waals surface area contributed by atoms with Gasteiger partial charge >= 0.3 is 0 Å². The molecule has 9 heteroatoms. The largest absolute Gasteiger partial charge is 0.448 e. The van der Waals surface area contributed by atoms with Crippen LogP contribution in [-0.2, 0) is 17.9 Å². The number of hydrogen-bond donors (Lipinski definition) is 0. The van der Waals surface area contributed by atoms with Gasteiger partial charge in [0, 0.05) is 45.9 Å². The molecule has 0 saturated carbocycles. The molecule has 1 atom stereocenters. The average molecular weight is 358 g/mol. The van der Waals surface area contributed by atoms with Crippen LogP contribution in [0.5, 0.6) is 0 Å². The minimum Gasteiger partial charge on any atom is -0.448 e. The summed E-state index contributed by atoms with van der Waals surface area (Å²) in [5, 5.41) is 8.69. The van der Waals surface area contributed by atoms with E-state index in [9.17, 15) is 9.59 Å². The first kappa shape index (κ1) is 16.7. The third-order valence-electron chi connectivity index (χ3n) is 5.14. The van der Waals surface area contributed by atoms with Crippen molar-refractivity contribution in [3.8, 4) is 0 Å². The zero-order valence-corrected chi connectivity index (χ0v) is 15.0. The molecule has 0 aromatic carbocycles. The molecular formula is C17H22N6O3. The lowest BCUT2D eigenvalue weighted by molar-refractivity contribution is -0.130. The van der Waals surface area contributed by atoms with Crippen molar-refractivity contribution in [2.24, 2.45) is 0 Å². The number of hydrogen-bond acceptors (Lipinski definition) is 6. The number of piperidine rings is 1. The standard InChI is InChI=1S/C17H22N6O3/c1-11-18-14(10-26-11)17(25)22-6-7-23-15(9-22)19-20-16(23)13-4-3-5-21(8-13)12(2)24/h10,13H,3-9H2,1-2H3. The van der Waals surface area contributed by atoms with E-state index in [1.165, 1.54) is 6.26 Å². The second kappa shape index (κ2) is 6.54. The van der Waals surface area contributed by atoms with Crippen molar-refractivity contribution < 1.29 is 14.0 Å². The van der Waals surface area contributed by atoms with Crippen LogP contribution in [0, 0.1) is 6.92 Å². The zero-order valence-electron chi connectivity index (χ0n) is 15.0. The van der Waals surface area contributed by atoms with Crippen molar-refractivity contribution in [1.82, 2.24) is 29.5 Å². The van der Waals surface area contributed by atoms with Crippen molar-refractivity contribution >= 4 is 11.8 Å². The van der Waals surface area contributed by atoms with Crippen LogP contribution in [0.4, 0.5) is 0 Å². The number of likely N-dealkylation sites (tertiary alicyclic amines) is 1. The van der Waals surface area contributed by atoms with Crippen LogP contribution in [0.15, 0.2) is 10.7 Å². The molecule has 4 heterocycles. The summed E-state index contributed by atoms with van der Waals surface area (Å²) in [4.78, 5) is 31.9. The molecule has 2 amide bonds. The average Bonchev–Trinajstić information content (AvgIpc) is 3.26. The smallest absolute Gasteiger partial charge is 0.276 e. The Labute approximate surface area is 151 Å². The van der Waals surface area contributed by atoms with Gasteiger partial charge in [0.2, 0.25) is 5.91 Å². The Balaban J connectivity index is 1.50. The lowest BCUT2D eigenvalue weighted by Gasteiger charge is -2.33. The maximum atomic E-state index is 12.6. The Morgan fingerprint density at radius 1 is 1.19 bits per heavy atom. The minimum absolute atomic E-state index is 0.104. The fourth-order valence-corrected chi connectivity index (χ4v) is 3.75. The molecule has 2 aliphatic heterocycles. The van der Waals surface area contributed by atoms with Gasteiger partial charge in [-0.25, -0.2) is 4.98 Å². The number of carbonyl (C=O) groups is 2. The van der Waals surface area contributed by atoms with E-state index in [1.54, 1.807) is 18.7 Å². The summed E-state index contributed by atoms with van der Waals surface area (Å²) in [7, 11) is 0. The second-order valence-electron chi connectivity index (χ2n) is 6.91. The first-order valence-electron chi connectivity index (χ1n) is 8.92. The zero-order chi connectivity index (χ0) is 18.3. The molecular weight excluding hydrogens is 336 g/mol. The molecule has 4 rings (SSSR count). The molecule has 1 saturated heterocycles. The van der Waals surface area contributed by atoms with Gasteiger partial charge < -0.3 is 18.8 Å². The first-order chi connectivity index (χ1) is 12.5. The molecule has 0 bridgehead atoms. The number of carbonyl (C=O) groups excluding carboxylic acids is 2. The number of aryl methyl sites for hydroxylation is 1. The maximum Gasteiger partial charge on any atom is 0.276 e. The summed E-state index contributed by atoms with van der Waals surface area (Å²) in [5.74, 6) is 2.33. The van der Waals surface area contributed by atoms with E-state index in [-0.39, 0.29) is 17.7 Å². The van der Waals surface area contributed by atoms with Crippen molar-refractivity contribution in [2.45, 2.75) is 45.7 Å². The van der Waals surface area contributed by atoms with Gasteiger partial charge in [0.25, 0.3) is 5.91 Å². The molecule has 138 valence electrons. The van der Waals surface area contributed by atoms with Gasteiger partial charge in [0.05, 0.1) is 6.54 Å². The number of aromatic nitrogens is 4. The van der Waals surface area contributed by atoms with Gasteiger partial charge in [-0.2, -0.15) is 0 Å². The van der Waals surface area contributed by atoms with Gasteiger partial charge in [0.1, 0.15) is 12.1 Å². The molecule has 9 nitrogen and oxygen atoms in total. The Morgan fingerprint density at radius 3 is 2.77 bits per heavy atom. The normalized spacial score (nSPS) is 20.2. The number of fused-ring (bicyclic) bond motifs is 1. The predicted octanol–water partition coefficient (Wildman–Crippen LogP) is 0.956. The number of rotatable bonds is 2. The minimum atomic E-state index is -0.155. The lowest BCUT2D eigenvalue weighted by Crippen LogP contribution is -2.41. The molecule has 1 fully saturated rings. The Kier molecular flexibility index (Phi) is 4.21. The molecule has 26 heavy (non-hydrogen) atoms. The number of amides is 2. The first-order valence-corrected chi connectivity index (χ1v) is 8.92. The number of oxazole rings is 1. The van der Waals surface area contributed by atoms with Crippen molar-refractivity contribution in [3.05, 3.63) is 29.5 Å². The van der Waals surface area contributed by atoms with Gasteiger partial charge in [0.15, 0.2) is 17.4 Å². The van der Waals surface area contributed by atoms with Crippen LogP contribution in [0.25, 0.3) is 0 Å². The molecule has 0 spiro atoms. The third-order valence-corrected chi connectivity index (χ3v) is 5.14. The van der Waals surface area contributed by atoms with Gasteiger partial charge in [-0.3, -0.25) is 9.59 Å². The third kappa shape index (κ3) is 2.97. The van der Waals surface area contributed by atoms with Crippen molar-refractivity contribution in [3.63, 3.8) is 0 Å². The van der Waals surface area contributed by atoms with Crippen LogP contribution in [0.1, 0.15) is 53.7 Å². The SMILES string of the molecule is CC(=O)N1CCCC(c2nnc3n2CCN(C(=O)c2coc(C)n2)C3)C1. The van der Waals surface area contributed by atoms with E-state index in [0.717, 1.165) is 31.0 Å². The van der Waals surface area contributed by atoms with Gasteiger partial charge in [-0.05, 0) is 12.8 Å². The molecule has 0 aliphatic carbocycles. The van der Waals surface area contributed by atoms with Crippen LogP contribution in [0.3, 0.4) is 0 Å². The fourth-order valence-electron chi connectivity index (χ4n) is 3.75. The van der Waals surface area contributed by atoms with Crippen LogP contribution < -0.4 is 0 Å². The quantitative estimate of drug-likeness (QED) is 0.793. The molecule has 2 aromatic rings. The highest BCUT2D eigenvalue weighted by molar-refractivity contribution is 5.92. The van der Waals surface area contributed by atoms with Crippen molar-refractivity contribution in [1.29, 1.82) is 0 Å². The van der Waals surface area contributed by atoms with Crippen LogP contribution in [-0.4, -0.2) is 61.0 Å². The van der Waals surface area contributed by atoms with Crippen molar-refractivity contribution in [2.75, 3.05) is 19.6 Å². The van der Waals surface area contributed by atoms with E-state index in [2.05, 4.69) is 19.7 Å². The summed E-state index contributed by atoms with van der Waals surface area (Å²) in [6.45, 7) is 6.45. The highest BCUT2D eigenvalue weighted by Crippen LogP contribution is 2.28.